The monoisotopic (exact) mass is 187 g/mol. The van der Waals surface area contributed by atoms with Gasteiger partial charge in [-0.05, 0) is 0 Å². The van der Waals surface area contributed by atoms with E-state index >= 15 is 0 Å². The van der Waals surface area contributed by atoms with Gasteiger partial charge in [0, 0.05) is 7.05 Å². The molecular formula is C5H13N7O. The van der Waals surface area contributed by atoms with Gasteiger partial charge < -0.3 is 22.2 Å². The van der Waals surface area contributed by atoms with Crippen molar-refractivity contribution in [2.24, 2.45) is 22.4 Å². The Hall–Kier alpha value is -1.99. The highest BCUT2D eigenvalue weighted by atomic mass is 16.2. The Morgan fingerprint density at radius 3 is 2.23 bits per heavy atom. The molecule has 0 unspecified atom stereocenters. The largest absolute Gasteiger partial charge is 0.369 e. The summed E-state index contributed by atoms with van der Waals surface area (Å²) in [5.74, 6) is 4.51. The Labute approximate surface area is 75.2 Å². The highest BCUT2D eigenvalue weighted by molar-refractivity contribution is 6.02. The minimum absolute atomic E-state index is 0.0926. The summed E-state index contributed by atoms with van der Waals surface area (Å²) in [5, 5.41) is 12.2. The number of hydrazone groups is 1. The molecule has 0 aromatic carbocycles. The van der Waals surface area contributed by atoms with E-state index in [1.54, 1.807) is 11.9 Å². The van der Waals surface area contributed by atoms with Crippen molar-refractivity contribution in [3.63, 3.8) is 0 Å². The lowest BCUT2D eigenvalue weighted by Crippen LogP contribution is -2.25. The molecule has 1 amide bonds. The van der Waals surface area contributed by atoms with Crippen LogP contribution in [0.25, 0.3) is 0 Å². The normalized spacial score (nSPS) is 14.4. The lowest BCUT2D eigenvalue weighted by molar-refractivity contribution is -0.118. The van der Waals surface area contributed by atoms with Crippen LogP contribution in [0.4, 0.5) is 0 Å². The SMILES string of the molecule is CN1CC(=O)NC1=N.NN=C(N)N. The Morgan fingerprint density at radius 1 is 1.69 bits per heavy atom. The van der Waals surface area contributed by atoms with E-state index in [0.717, 1.165) is 0 Å². The van der Waals surface area contributed by atoms with Gasteiger partial charge in [-0.15, -0.1) is 5.10 Å². The number of nitrogens with one attached hydrogen (secondary N) is 2. The molecule has 1 rings (SSSR count). The topological polar surface area (TPSA) is 147 Å². The molecule has 0 spiro atoms. The van der Waals surface area contributed by atoms with Gasteiger partial charge in [-0.2, -0.15) is 0 Å². The second-order valence-electron chi connectivity index (χ2n) is 2.31. The third kappa shape index (κ3) is 4.45. The van der Waals surface area contributed by atoms with Crippen LogP contribution in [0.2, 0.25) is 0 Å². The second kappa shape index (κ2) is 4.80. The van der Waals surface area contributed by atoms with Crippen molar-refractivity contribution >= 4 is 17.8 Å². The van der Waals surface area contributed by atoms with Gasteiger partial charge in [-0.25, -0.2) is 0 Å². The summed E-state index contributed by atoms with van der Waals surface area (Å²) in [6.07, 6.45) is 0. The predicted octanol–water partition coefficient (Wildman–Crippen LogP) is -2.88. The van der Waals surface area contributed by atoms with Crippen LogP contribution in [0, 0.1) is 5.41 Å². The van der Waals surface area contributed by atoms with Crippen LogP contribution in [0.15, 0.2) is 5.10 Å². The zero-order chi connectivity index (χ0) is 10.4. The van der Waals surface area contributed by atoms with E-state index in [1.165, 1.54) is 0 Å². The summed E-state index contributed by atoms with van der Waals surface area (Å²) in [4.78, 5) is 11.9. The summed E-state index contributed by atoms with van der Waals surface area (Å²) in [6, 6.07) is 0. The number of carbonyl (C=O) groups excluding carboxylic acids is 1. The van der Waals surface area contributed by atoms with Gasteiger partial charge in [0.1, 0.15) is 0 Å². The Kier molecular flexibility index (Phi) is 4.07. The molecule has 13 heavy (non-hydrogen) atoms. The molecule has 0 aromatic rings. The fourth-order valence-corrected chi connectivity index (χ4v) is 0.561. The number of hydrogen-bond donors (Lipinski definition) is 5. The molecule has 0 atom stereocenters. The molecule has 0 bridgehead atoms. The first-order valence-corrected chi connectivity index (χ1v) is 3.35. The lowest BCUT2D eigenvalue weighted by Gasteiger charge is -2.03. The number of nitrogens with zero attached hydrogens (tertiary/aromatic N) is 2. The lowest BCUT2D eigenvalue weighted by atomic mass is 10.6. The molecule has 0 radical (unpaired) electrons. The van der Waals surface area contributed by atoms with E-state index in [9.17, 15) is 4.79 Å². The van der Waals surface area contributed by atoms with Crippen molar-refractivity contribution in [1.29, 1.82) is 5.41 Å². The van der Waals surface area contributed by atoms with Gasteiger partial charge in [0.25, 0.3) is 0 Å². The number of carbonyl (C=O) groups is 1. The van der Waals surface area contributed by atoms with Crippen LogP contribution in [-0.4, -0.2) is 36.3 Å². The molecule has 0 saturated carbocycles. The third-order valence-electron chi connectivity index (χ3n) is 1.17. The molecule has 8 heteroatoms. The highest BCUT2D eigenvalue weighted by Crippen LogP contribution is 1.89. The van der Waals surface area contributed by atoms with Crippen LogP contribution in [-0.2, 0) is 4.79 Å². The van der Waals surface area contributed by atoms with E-state index in [2.05, 4.69) is 16.3 Å². The van der Waals surface area contributed by atoms with Gasteiger partial charge >= 0.3 is 0 Å². The number of nitrogens with two attached hydrogens (primary N) is 3. The van der Waals surface area contributed by atoms with E-state index in [1.807, 2.05) is 0 Å². The van der Waals surface area contributed by atoms with Crippen LogP contribution in [0.5, 0.6) is 0 Å². The number of rotatable bonds is 0. The van der Waals surface area contributed by atoms with Crippen molar-refractivity contribution in [3.8, 4) is 0 Å². The van der Waals surface area contributed by atoms with Crippen molar-refractivity contribution in [3.05, 3.63) is 0 Å². The van der Waals surface area contributed by atoms with E-state index < -0.39 is 0 Å². The van der Waals surface area contributed by atoms with Gasteiger partial charge in [-0.3, -0.25) is 15.5 Å². The zero-order valence-corrected chi connectivity index (χ0v) is 7.24. The van der Waals surface area contributed by atoms with Crippen molar-refractivity contribution < 1.29 is 4.79 Å². The quantitative estimate of drug-likeness (QED) is 0.119. The predicted molar refractivity (Wildman–Crippen MR) is 48.5 cm³/mol. The van der Waals surface area contributed by atoms with Gasteiger partial charge in [-0.1, -0.05) is 0 Å². The molecule has 74 valence electrons. The summed E-state index contributed by atoms with van der Waals surface area (Å²) < 4.78 is 0. The van der Waals surface area contributed by atoms with Crippen LogP contribution in [0.3, 0.4) is 0 Å². The fourth-order valence-electron chi connectivity index (χ4n) is 0.561. The van der Waals surface area contributed by atoms with Gasteiger partial charge in [0.2, 0.25) is 11.9 Å². The minimum Gasteiger partial charge on any atom is -0.369 e. The standard InChI is InChI=1S/C4H7N3O.CH6N4/c1-7-2-3(8)6-4(7)5;2-1(3)5-4/h2H2,1H3,(H2,5,6,8);4H2,(H4,2,3,5). The third-order valence-corrected chi connectivity index (χ3v) is 1.17. The highest BCUT2D eigenvalue weighted by Gasteiger charge is 2.18. The molecule has 8 nitrogen and oxygen atoms in total. The van der Waals surface area contributed by atoms with Crippen molar-refractivity contribution in [1.82, 2.24) is 10.2 Å². The Bertz CT molecular complexity index is 231. The number of hydrogen-bond acceptors (Lipinski definition) is 4. The maximum atomic E-state index is 10.4. The molecule has 0 aromatic heterocycles. The summed E-state index contributed by atoms with van der Waals surface area (Å²) in [5.41, 5.74) is 9.39. The number of guanidine groups is 2. The maximum Gasteiger partial charge on any atom is 0.246 e. The summed E-state index contributed by atoms with van der Waals surface area (Å²) in [7, 11) is 1.69. The Morgan fingerprint density at radius 2 is 2.15 bits per heavy atom. The van der Waals surface area contributed by atoms with Crippen molar-refractivity contribution in [2.45, 2.75) is 0 Å². The minimum atomic E-state index is -0.0995. The Balaban J connectivity index is 0.000000252. The molecule has 1 fully saturated rings. The van der Waals surface area contributed by atoms with Crippen LogP contribution in [0.1, 0.15) is 0 Å². The molecule has 8 N–H and O–H groups in total. The fraction of sp³-hybridized carbons (Fsp3) is 0.400. The van der Waals surface area contributed by atoms with Crippen LogP contribution < -0.4 is 22.6 Å². The van der Waals surface area contributed by atoms with E-state index in [4.69, 9.17) is 16.9 Å². The first-order chi connectivity index (χ1) is 5.97. The number of amides is 1. The first kappa shape index (κ1) is 11.0. The number of likely N-dealkylation sites (N-methyl/N-ethyl adjacent to an activating group) is 1. The molecular weight excluding hydrogens is 174 g/mol. The van der Waals surface area contributed by atoms with Gasteiger partial charge in [0.15, 0.2) is 5.96 Å². The second-order valence-corrected chi connectivity index (χ2v) is 2.31. The summed E-state index contributed by atoms with van der Waals surface area (Å²) >= 11 is 0. The average Bonchev–Trinajstić information content (AvgIpc) is 2.31. The smallest absolute Gasteiger partial charge is 0.246 e. The van der Waals surface area contributed by atoms with E-state index in [-0.39, 0.29) is 17.8 Å². The molecule has 1 saturated heterocycles. The van der Waals surface area contributed by atoms with Crippen molar-refractivity contribution in [2.75, 3.05) is 13.6 Å². The first-order valence-electron chi connectivity index (χ1n) is 3.35. The van der Waals surface area contributed by atoms with Crippen LogP contribution >= 0.6 is 0 Å². The molecule has 0 aliphatic carbocycles. The summed E-state index contributed by atoms with van der Waals surface area (Å²) in [6.45, 7) is 0.318. The molecule has 1 aliphatic rings. The average molecular weight is 187 g/mol. The zero-order valence-electron chi connectivity index (χ0n) is 7.24. The molecule has 1 aliphatic heterocycles. The molecule has 1 heterocycles. The maximum absolute atomic E-state index is 10.4. The van der Waals surface area contributed by atoms with E-state index in [0.29, 0.717) is 6.54 Å². The van der Waals surface area contributed by atoms with Gasteiger partial charge in [0.05, 0.1) is 6.54 Å².